The first-order chi connectivity index (χ1) is 13.1. The second-order valence-electron chi connectivity index (χ2n) is 7.61. The van der Waals surface area contributed by atoms with Crippen LogP contribution in [0.2, 0.25) is 0 Å². The van der Waals surface area contributed by atoms with Gasteiger partial charge in [-0.25, -0.2) is 0 Å². The molecule has 0 bridgehead atoms. The topological polar surface area (TPSA) is 75.0 Å². The number of carbonyl (C=O) groups excluding carboxylic acids is 1. The van der Waals surface area contributed by atoms with E-state index in [1.165, 1.54) is 19.3 Å². The summed E-state index contributed by atoms with van der Waals surface area (Å²) >= 11 is 0. The highest BCUT2D eigenvalue weighted by atomic mass is 16.5. The Balaban J connectivity index is 1.64. The average molecular weight is 377 g/mol. The fourth-order valence-corrected chi connectivity index (χ4v) is 3.83. The summed E-state index contributed by atoms with van der Waals surface area (Å²) in [6, 6.07) is 0. The zero-order valence-electron chi connectivity index (χ0n) is 16.8. The van der Waals surface area contributed by atoms with E-state index in [1.807, 2.05) is 13.2 Å². The second-order valence-corrected chi connectivity index (χ2v) is 7.61. The van der Waals surface area contributed by atoms with Gasteiger partial charge in [-0.05, 0) is 31.6 Å². The molecule has 150 valence electrons. The van der Waals surface area contributed by atoms with Crippen molar-refractivity contribution < 1.29 is 9.53 Å². The number of carbonyl (C=O) groups is 1. The lowest BCUT2D eigenvalue weighted by molar-refractivity contribution is -0.120. The molecular weight excluding hydrogens is 344 g/mol. The highest BCUT2D eigenvalue weighted by Gasteiger charge is 2.37. The van der Waals surface area contributed by atoms with Gasteiger partial charge in [-0.2, -0.15) is 5.10 Å². The Morgan fingerprint density at radius 1 is 1.41 bits per heavy atom. The number of aliphatic imine (C=N–C) groups is 1. The molecular formula is C19H32N6O2. The van der Waals surface area contributed by atoms with Crippen molar-refractivity contribution in [3.63, 3.8) is 0 Å². The number of rotatable bonds is 7. The normalized spacial score (nSPS) is 20.0. The number of nitrogens with one attached hydrogen (secondary N) is 1. The first-order valence-corrected chi connectivity index (χ1v) is 9.88. The number of nitrogens with zero attached hydrogens (tertiary/aromatic N) is 5. The minimum absolute atomic E-state index is 0.0811. The fourth-order valence-electron chi connectivity index (χ4n) is 3.83. The summed E-state index contributed by atoms with van der Waals surface area (Å²) in [7, 11) is 3.62. The number of guanidine groups is 1. The minimum Gasteiger partial charge on any atom is -0.385 e. The van der Waals surface area contributed by atoms with Crippen LogP contribution in [0.3, 0.4) is 0 Å². The number of hydrogen-bond acceptors (Lipinski definition) is 4. The average Bonchev–Trinajstić information content (AvgIpc) is 3.05. The van der Waals surface area contributed by atoms with Gasteiger partial charge in [-0.15, -0.1) is 0 Å². The first kappa shape index (κ1) is 19.7. The van der Waals surface area contributed by atoms with E-state index in [0.29, 0.717) is 13.1 Å². The molecule has 0 unspecified atom stereocenters. The summed E-state index contributed by atoms with van der Waals surface area (Å²) in [4.78, 5) is 21.5. The number of piperazine rings is 1. The van der Waals surface area contributed by atoms with E-state index >= 15 is 0 Å². The molecule has 2 fully saturated rings. The maximum absolute atomic E-state index is 12.7. The van der Waals surface area contributed by atoms with Crippen LogP contribution in [0, 0.1) is 5.41 Å². The smallest absolute Gasteiger partial charge is 0.246 e. The number of methoxy groups -OCH3 is 1. The molecule has 2 aliphatic rings. The van der Waals surface area contributed by atoms with Crippen LogP contribution in [-0.2, 0) is 16.6 Å². The number of hydrogen-bond donors (Lipinski definition) is 1. The van der Waals surface area contributed by atoms with Gasteiger partial charge in [0, 0.05) is 53.1 Å². The third kappa shape index (κ3) is 4.61. The molecule has 27 heavy (non-hydrogen) atoms. The van der Waals surface area contributed by atoms with Gasteiger partial charge in [0.15, 0.2) is 5.96 Å². The number of ether oxygens (including phenoxy) is 1. The lowest BCUT2D eigenvalue weighted by Gasteiger charge is -2.41. The van der Waals surface area contributed by atoms with E-state index in [9.17, 15) is 4.79 Å². The molecule has 1 amide bonds. The summed E-state index contributed by atoms with van der Waals surface area (Å²) < 4.78 is 7.00. The van der Waals surface area contributed by atoms with Crippen LogP contribution < -0.4 is 10.2 Å². The zero-order chi connectivity index (χ0) is 19.3. The largest absolute Gasteiger partial charge is 0.385 e. The molecule has 1 aliphatic carbocycles. The standard InChI is InChI=1S/C19H32N6O2/c1-4-20-18(21-15-19(6-5-7-19)8-11-27-3)24-9-10-25(17(26)14-24)16-12-22-23(2)13-16/h12-13H,4-11,14-15H2,1-3H3,(H,20,21). The molecule has 1 saturated heterocycles. The highest BCUT2D eigenvalue weighted by Crippen LogP contribution is 2.44. The number of amides is 1. The van der Waals surface area contributed by atoms with Crippen molar-refractivity contribution >= 4 is 17.6 Å². The maximum Gasteiger partial charge on any atom is 0.246 e. The molecule has 0 aromatic carbocycles. The van der Waals surface area contributed by atoms with Gasteiger partial charge in [0.25, 0.3) is 0 Å². The van der Waals surface area contributed by atoms with Gasteiger partial charge in [0.05, 0.1) is 11.9 Å². The van der Waals surface area contributed by atoms with Gasteiger partial charge < -0.3 is 19.9 Å². The Morgan fingerprint density at radius 3 is 2.78 bits per heavy atom. The Labute approximate surface area is 161 Å². The van der Waals surface area contributed by atoms with Crippen LogP contribution >= 0.6 is 0 Å². The minimum atomic E-state index is 0.0811. The third-order valence-corrected chi connectivity index (χ3v) is 5.67. The third-order valence-electron chi connectivity index (χ3n) is 5.67. The van der Waals surface area contributed by atoms with Crippen LogP contribution in [0.4, 0.5) is 5.69 Å². The van der Waals surface area contributed by atoms with Crippen molar-refractivity contribution in [2.45, 2.75) is 32.6 Å². The van der Waals surface area contributed by atoms with E-state index in [4.69, 9.17) is 9.73 Å². The Hall–Kier alpha value is -2.09. The van der Waals surface area contributed by atoms with Crippen LogP contribution in [-0.4, -0.2) is 73.0 Å². The van der Waals surface area contributed by atoms with Gasteiger partial charge in [-0.1, -0.05) is 6.42 Å². The molecule has 0 atom stereocenters. The summed E-state index contributed by atoms with van der Waals surface area (Å²) in [6.45, 7) is 6.19. The number of anilines is 1. The molecule has 2 heterocycles. The summed E-state index contributed by atoms with van der Waals surface area (Å²) in [5.41, 5.74) is 1.13. The van der Waals surface area contributed by atoms with Crippen molar-refractivity contribution in [2.24, 2.45) is 17.5 Å². The van der Waals surface area contributed by atoms with Crippen LogP contribution in [0.1, 0.15) is 32.6 Å². The van der Waals surface area contributed by atoms with Crippen molar-refractivity contribution in [1.29, 1.82) is 0 Å². The Kier molecular flexibility index (Phi) is 6.36. The summed E-state index contributed by atoms with van der Waals surface area (Å²) in [5.74, 6) is 0.929. The van der Waals surface area contributed by atoms with E-state index in [2.05, 4.69) is 22.2 Å². The molecule has 8 heteroatoms. The molecule has 1 aromatic rings. The van der Waals surface area contributed by atoms with Crippen molar-refractivity contribution in [2.75, 3.05) is 51.3 Å². The van der Waals surface area contributed by atoms with Crippen LogP contribution in [0.15, 0.2) is 17.4 Å². The zero-order valence-corrected chi connectivity index (χ0v) is 16.8. The number of aromatic nitrogens is 2. The van der Waals surface area contributed by atoms with Gasteiger partial charge >= 0.3 is 0 Å². The monoisotopic (exact) mass is 376 g/mol. The quantitative estimate of drug-likeness (QED) is 0.572. The molecule has 3 rings (SSSR count). The first-order valence-electron chi connectivity index (χ1n) is 9.88. The summed E-state index contributed by atoms with van der Waals surface area (Å²) in [6.07, 6.45) is 8.38. The lowest BCUT2D eigenvalue weighted by Crippen LogP contribution is -2.55. The molecule has 0 radical (unpaired) electrons. The van der Waals surface area contributed by atoms with E-state index in [1.54, 1.807) is 22.9 Å². The van der Waals surface area contributed by atoms with Gasteiger partial charge in [-0.3, -0.25) is 14.5 Å². The van der Waals surface area contributed by atoms with E-state index in [0.717, 1.165) is 44.3 Å². The second kappa shape index (κ2) is 8.73. The lowest BCUT2D eigenvalue weighted by atomic mass is 9.67. The fraction of sp³-hybridized carbons (Fsp3) is 0.737. The van der Waals surface area contributed by atoms with Gasteiger partial charge in [0.2, 0.25) is 5.91 Å². The maximum atomic E-state index is 12.7. The molecule has 1 aliphatic heterocycles. The molecule has 0 spiro atoms. The van der Waals surface area contributed by atoms with E-state index < -0.39 is 0 Å². The molecule has 8 nitrogen and oxygen atoms in total. The summed E-state index contributed by atoms with van der Waals surface area (Å²) in [5, 5.41) is 7.54. The van der Waals surface area contributed by atoms with Crippen LogP contribution in [0.5, 0.6) is 0 Å². The molecule has 1 N–H and O–H groups in total. The van der Waals surface area contributed by atoms with Crippen LogP contribution in [0.25, 0.3) is 0 Å². The number of aryl methyl sites for hydroxylation is 1. The van der Waals surface area contributed by atoms with Gasteiger partial charge in [0.1, 0.15) is 6.54 Å². The Morgan fingerprint density at radius 2 is 2.22 bits per heavy atom. The highest BCUT2D eigenvalue weighted by molar-refractivity contribution is 5.98. The Bertz CT molecular complexity index is 667. The van der Waals surface area contributed by atoms with Crippen molar-refractivity contribution in [3.8, 4) is 0 Å². The predicted octanol–water partition coefficient (Wildman–Crippen LogP) is 1.24. The van der Waals surface area contributed by atoms with Crippen molar-refractivity contribution in [1.82, 2.24) is 20.0 Å². The molecule has 1 saturated carbocycles. The van der Waals surface area contributed by atoms with Crippen molar-refractivity contribution in [3.05, 3.63) is 12.4 Å². The molecule has 1 aromatic heterocycles. The SMILES string of the molecule is CCNC(=NCC1(CCOC)CCC1)N1CCN(c2cnn(C)c2)C(=O)C1. The van der Waals surface area contributed by atoms with E-state index in [-0.39, 0.29) is 11.3 Å². The predicted molar refractivity (Wildman–Crippen MR) is 106 cm³/mol.